The number of nitrogens with one attached hydrogen (secondary N) is 1. The van der Waals surface area contributed by atoms with Gasteiger partial charge in [0.2, 0.25) is 0 Å². The first kappa shape index (κ1) is 14.0. The fourth-order valence-electron chi connectivity index (χ4n) is 1.07. The lowest BCUT2D eigenvalue weighted by atomic mass is 10.2. The highest BCUT2D eigenvalue weighted by atomic mass is 79.9. The summed E-state index contributed by atoms with van der Waals surface area (Å²) in [7, 11) is 0. The topological polar surface area (TPSA) is 83.4 Å². The maximum absolute atomic E-state index is 13.6. The second-order valence-corrected chi connectivity index (χ2v) is 4.25. The highest BCUT2D eigenvalue weighted by molar-refractivity contribution is 9.10. The molecular weight excluding hydrogens is 323 g/mol. The fourth-order valence-corrected chi connectivity index (χ4v) is 1.94. The molecule has 0 aromatic heterocycles. The van der Waals surface area contributed by atoms with Crippen LogP contribution in [0.3, 0.4) is 0 Å². The molecule has 0 aliphatic rings. The zero-order valence-corrected chi connectivity index (χ0v) is 11.0. The second kappa shape index (κ2) is 6.02. The molecule has 88 valence electrons. The van der Waals surface area contributed by atoms with Crippen LogP contribution in [0.1, 0.15) is 0 Å². The van der Waals surface area contributed by atoms with Gasteiger partial charge in [0.25, 0.3) is 0 Å². The van der Waals surface area contributed by atoms with Crippen molar-refractivity contribution in [2.24, 2.45) is 0 Å². The molecule has 0 radical (unpaired) electrons. The van der Waals surface area contributed by atoms with E-state index in [0.717, 1.165) is 6.07 Å². The number of hydrogen-bond donors (Lipinski definition) is 1. The lowest BCUT2D eigenvalue weighted by Gasteiger charge is -2.08. The SMILES string of the molecule is N#CC(C#N)=C(C#N)Nc1c(F)cc(Cl)cc1Br. The molecule has 1 N–H and O–H groups in total. The Morgan fingerprint density at radius 1 is 1.22 bits per heavy atom. The number of nitrogens with zero attached hydrogens (tertiary/aromatic N) is 3. The summed E-state index contributed by atoms with van der Waals surface area (Å²) in [6.45, 7) is 0. The normalized spacial score (nSPS) is 8.67. The van der Waals surface area contributed by atoms with Crippen LogP contribution in [0.5, 0.6) is 0 Å². The van der Waals surface area contributed by atoms with Crippen LogP contribution in [-0.4, -0.2) is 0 Å². The minimum Gasteiger partial charge on any atom is -0.342 e. The Morgan fingerprint density at radius 2 is 1.83 bits per heavy atom. The van der Waals surface area contributed by atoms with Gasteiger partial charge in [-0.05, 0) is 28.1 Å². The maximum atomic E-state index is 13.6. The Hall–Kier alpha value is -2.07. The van der Waals surface area contributed by atoms with Crippen LogP contribution in [0.15, 0.2) is 27.9 Å². The minimum atomic E-state index is -0.711. The second-order valence-electron chi connectivity index (χ2n) is 2.95. The van der Waals surface area contributed by atoms with E-state index in [-0.39, 0.29) is 20.9 Å². The highest BCUT2D eigenvalue weighted by Crippen LogP contribution is 2.30. The van der Waals surface area contributed by atoms with E-state index in [2.05, 4.69) is 21.2 Å². The molecule has 0 amide bonds. The molecular formula is C11H3BrClFN4. The van der Waals surface area contributed by atoms with E-state index in [1.807, 2.05) is 0 Å². The van der Waals surface area contributed by atoms with E-state index >= 15 is 0 Å². The summed E-state index contributed by atoms with van der Waals surface area (Å²) in [5.74, 6) is -0.711. The molecule has 0 bridgehead atoms. The maximum Gasteiger partial charge on any atom is 0.163 e. The molecule has 1 aromatic rings. The molecule has 7 heteroatoms. The van der Waals surface area contributed by atoms with E-state index in [0.29, 0.717) is 0 Å². The van der Waals surface area contributed by atoms with E-state index in [4.69, 9.17) is 27.4 Å². The van der Waals surface area contributed by atoms with Gasteiger partial charge < -0.3 is 5.32 Å². The molecule has 4 nitrogen and oxygen atoms in total. The molecule has 18 heavy (non-hydrogen) atoms. The third-order valence-electron chi connectivity index (χ3n) is 1.84. The Labute approximate surface area is 116 Å². The molecule has 0 saturated heterocycles. The van der Waals surface area contributed by atoms with Crippen LogP contribution in [-0.2, 0) is 0 Å². The summed E-state index contributed by atoms with van der Waals surface area (Å²) in [5, 5.41) is 28.7. The predicted octanol–water partition coefficient (Wildman–Crippen LogP) is 3.48. The number of allylic oxidation sites excluding steroid dienone is 2. The Bertz CT molecular complexity index is 609. The lowest BCUT2D eigenvalue weighted by molar-refractivity contribution is 0.631. The first-order valence-electron chi connectivity index (χ1n) is 4.39. The van der Waals surface area contributed by atoms with Crippen LogP contribution >= 0.6 is 27.5 Å². The zero-order valence-electron chi connectivity index (χ0n) is 8.63. The van der Waals surface area contributed by atoms with Gasteiger partial charge in [-0.25, -0.2) is 4.39 Å². The number of benzene rings is 1. The molecule has 0 heterocycles. The van der Waals surface area contributed by atoms with Gasteiger partial charge in [0.05, 0.1) is 5.69 Å². The molecule has 0 aliphatic heterocycles. The van der Waals surface area contributed by atoms with Crippen molar-refractivity contribution in [3.63, 3.8) is 0 Å². The number of rotatable bonds is 2. The van der Waals surface area contributed by atoms with Crippen LogP contribution in [0.4, 0.5) is 10.1 Å². The van der Waals surface area contributed by atoms with Gasteiger partial charge in [-0.15, -0.1) is 0 Å². The molecule has 0 spiro atoms. The summed E-state index contributed by atoms with van der Waals surface area (Å²) >= 11 is 8.69. The summed E-state index contributed by atoms with van der Waals surface area (Å²) in [4.78, 5) is 0. The van der Waals surface area contributed by atoms with Crippen molar-refractivity contribution in [3.05, 3.63) is 38.7 Å². The molecule has 0 atom stereocenters. The predicted molar refractivity (Wildman–Crippen MR) is 66.6 cm³/mol. The Balaban J connectivity index is 3.30. The zero-order chi connectivity index (χ0) is 13.7. The number of halogens is 3. The van der Waals surface area contributed by atoms with Gasteiger partial charge >= 0.3 is 0 Å². The highest BCUT2D eigenvalue weighted by Gasteiger charge is 2.13. The van der Waals surface area contributed by atoms with Crippen LogP contribution in [0.2, 0.25) is 5.02 Å². The van der Waals surface area contributed by atoms with Gasteiger partial charge in [-0.2, -0.15) is 15.8 Å². The van der Waals surface area contributed by atoms with Crippen molar-refractivity contribution in [3.8, 4) is 18.2 Å². The molecule has 1 aromatic carbocycles. The van der Waals surface area contributed by atoms with Crippen molar-refractivity contribution in [2.75, 3.05) is 5.32 Å². The van der Waals surface area contributed by atoms with Crippen LogP contribution in [0.25, 0.3) is 0 Å². The average molecular weight is 326 g/mol. The Morgan fingerprint density at radius 3 is 2.28 bits per heavy atom. The largest absolute Gasteiger partial charge is 0.342 e. The summed E-state index contributed by atoms with van der Waals surface area (Å²) < 4.78 is 13.9. The smallest absolute Gasteiger partial charge is 0.163 e. The number of nitriles is 3. The molecule has 0 unspecified atom stereocenters. The van der Waals surface area contributed by atoms with Crippen molar-refractivity contribution in [1.29, 1.82) is 15.8 Å². The summed E-state index contributed by atoms with van der Waals surface area (Å²) in [6.07, 6.45) is 0. The molecule has 0 fully saturated rings. The minimum absolute atomic E-state index is 0.0704. The van der Waals surface area contributed by atoms with Gasteiger partial charge in [-0.3, -0.25) is 0 Å². The monoisotopic (exact) mass is 324 g/mol. The molecule has 0 saturated carbocycles. The van der Waals surface area contributed by atoms with Crippen molar-refractivity contribution < 1.29 is 4.39 Å². The van der Waals surface area contributed by atoms with Gasteiger partial charge in [-0.1, -0.05) is 11.6 Å². The first-order valence-corrected chi connectivity index (χ1v) is 5.56. The third-order valence-corrected chi connectivity index (χ3v) is 2.69. The van der Waals surface area contributed by atoms with E-state index in [9.17, 15) is 4.39 Å². The van der Waals surface area contributed by atoms with Gasteiger partial charge in [0.15, 0.2) is 5.57 Å². The number of hydrogen-bond acceptors (Lipinski definition) is 4. The lowest BCUT2D eigenvalue weighted by Crippen LogP contribution is -2.03. The average Bonchev–Trinajstić information content (AvgIpc) is 2.32. The molecule has 0 aliphatic carbocycles. The van der Waals surface area contributed by atoms with Crippen molar-refractivity contribution in [2.45, 2.75) is 0 Å². The standard InChI is InChI=1S/C11H3BrClFN4/c12-8-1-7(13)2-9(14)11(8)18-10(5-17)6(3-15)4-16/h1-2,18H. The fraction of sp³-hybridized carbons (Fsp3) is 0. The summed E-state index contributed by atoms with van der Waals surface area (Å²) in [6, 6.07) is 7.17. The van der Waals surface area contributed by atoms with Gasteiger partial charge in [0, 0.05) is 9.50 Å². The quantitative estimate of drug-likeness (QED) is 0.844. The van der Waals surface area contributed by atoms with E-state index in [1.54, 1.807) is 18.2 Å². The third kappa shape index (κ3) is 2.99. The van der Waals surface area contributed by atoms with Crippen LogP contribution in [0, 0.1) is 39.8 Å². The van der Waals surface area contributed by atoms with Crippen LogP contribution < -0.4 is 5.32 Å². The summed E-state index contributed by atoms with van der Waals surface area (Å²) in [5.41, 5.74) is -0.834. The Kier molecular flexibility index (Phi) is 4.68. The van der Waals surface area contributed by atoms with Crippen molar-refractivity contribution >= 4 is 33.2 Å². The van der Waals surface area contributed by atoms with Crippen molar-refractivity contribution in [1.82, 2.24) is 0 Å². The molecule has 1 rings (SSSR count). The number of anilines is 1. The van der Waals surface area contributed by atoms with E-state index in [1.165, 1.54) is 6.07 Å². The van der Waals surface area contributed by atoms with E-state index < -0.39 is 11.4 Å². The first-order chi connectivity index (χ1) is 8.53. The van der Waals surface area contributed by atoms with Gasteiger partial charge in [0.1, 0.15) is 29.7 Å².